The van der Waals surface area contributed by atoms with Crippen LogP contribution in [0.15, 0.2) is 194 Å². The Morgan fingerprint density at radius 2 is 0.755 bits per heavy atom. The minimum absolute atomic E-state index is 0.615. The molecule has 0 N–H and O–H groups in total. The number of aromatic nitrogens is 4. The quantitative estimate of drug-likeness (QED) is 0.176. The van der Waals surface area contributed by atoms with Gasteiger partial charge in [-0.2, -0.15) is 0 Å². The second-order valence-electron chi connectivity index (χ2n) is 13.3. The van der Waals surface area contributed by atoms with Gasteiger partial charge in [-0.25, -0.2) is 15.0 Å². The monoisotopic (exact) mass is 676 g/mol. The van der Waals surface area contributed by atoms with Crippen LogP contribution < -0.4 is 0 Å². The molecule has 0 saturated heterocycles. The van der Waals surface area contributed by atoms with Crippen LogP contribution in [-0.4, -0.2) is 19.5 Å². The Bertz CT molecular complexity index is 2880. The van der Waals surface area contributed by atoms with Crippen LogP contribution in [0.4, 0.5) is 0 Å². The van der Waals surface area contributed by atoms with Gasteiger partial charge in [-0.3, -0.25) is 0 Å². The lowest BCUT2D eigenvalue weighted by molar-refractivity contribution is 1.06. The Morgan fingerprint density at radius 3 is 1.43 bits per heavy atom. The summed E-state index contributed by atoms with van der Waals surface area (Å²) in [5, 5.41) is 4.86. The summed E-state index contributed by atoms with van der Waals surface area (Å²) in [6.45, 7) is 0. The van der Waals surface area contributed by atoms with Gasteiger partial charge in [0.05, 0.1) is 16.7 Å². The molecule has 0 bridgehead atoms. The van der Waals surface area contributed by atoms with Crippen LogP contribution in [0.5, 0.6) is 0 Å². The van der Waals surface area contributed by atoms with Crippen molar-refractivity contribution in [3.8, 4) is 62.1 Å². The van der Waals surface area contributed by atoms with Crippen molar-refractivity contribution in [2.75, 3.05) is 0 Å². The fourth-order valence-electron chi connectivity index (χ4n) is 7.42. The predicted molar refractivity (Wildman–Crippen MR) is 219 cm³/mol. The summed E-state index contributed by atoms with van der Waals surface area (Å²) >= 11 is 0. The number of hydrogen-bond acceptors (Lipinski definition) is 3. The number of fused-ring (bicyclic) bond motifs is 4. The summed E-state index contributed by atoms with van der Waals surface area (Å²) in [5.74, 6) is 1.87. The standard InChI is InChI=1S/C49H32N4/c1-3-13-33(14-4-1)40-29-30-43(46(32-40)53-44-21-11-9-19-41(44)42-20-10-12-22-45(42)53)49-51-47(36-16-5-2-6-17-36)50-48(52-49)37-26-23-35(24-27-37)39-28-25-34-15-7-8-18-38(34)31-39/h1-32H. The molecule has 0 amide bonds. The third-order valence-electron chi connectivity index (χ3n) is 10.1. The lowest BCUT2D eigenvalue weighted by Crippen LogP contribution is -2.04. The van der Waals surface area contributed by atoms with Crippen LogP contribution in [0.25, 0.3) is 94.7 Å². The van der Waals surface area contributed by atoms with E-state index in [2.05, 4.69) is 180 Å². The van der Waals surface area contributed by atoms with Gasteiger partial charge in [0.2, 0.25) is 0 Å². The third-order valence-corrected chi connectivity index (χ3v) is 10.1. The number of benzene rings is 8. The van der Waals surface area contributed by atoms with Crippen LogP contribution in [-0.2, 0) is 0 Å². The fourth-order valence-corrected chi connectivity index (χ4v) is 7.42. The summed E-state index contributed by atoms with van der Waals surface area (Å²) in [7, 11) is 0. The highest BCUT2D eigenvalue weighted by atomic mass is 15.1. The maximum absolute atomic E-state index is 5.24. The van der Waals surface area contributed by atoms with E-state index in [4.69, 9.17) is 15.0 Å². The molecule has 0 saturated carbocycles. The van der Waals surface area contributed by atoms with E-state index in [0.717, 1.165) is 50.1 Å². The molecule has 0 unspecified atom stereocenters. The summed E-state index contributed by atoms with van der Waals surface area (Å²) in [6.07, 6.45) is 0. The molecular formula is C49H32N4. The van der Waals surface area contributed by atoms with Crippen molar-refractivity contribution >= 4 is 32.6 Å². The molecule has 0 fully saturated rings. The Hall–Kier alpha value is -7.17. The predicted octanol–water partition coefficient (Wildman–Crippen LogP) is 12.5. The zero-order chi connectivity index (χ0) is 35.1. The van der Waals surface area contributed by atoms with Crippen LogP contribution >= 0.6 is 0 Å². The van der Waals surface area contributed by atoms with Gasteiger partial charge in [-0.05, 0) is 63.4 Å². The van der Waals surface area contributed by atoms with Crippen molar-refractivity contribution in [2.24, 2.45) is 0 Å². The molecule has 0 aliphatic heterocycles. The normalized spacial score (nSPS) is 11.4. The number of nitrogens with zero attached hydrogens (tertiary/aromatic N) is 4. The van der Waals surface area contributed by atoms with Crippen LogP contribution in [0.3, 0.4) is 0 Å². The summed E-state index contributed by atoms with van der Waals surface area (Å²) < 4.78 is 2.36. The zero-order valence-electron chi connectivity index (χ0n) is 28.8. The van der Waals surface area contributed by atoms with E-state index >= 15 is 0 Å². The van der Waals surface area contributed by atoms with Crippen LogP contribution in [0.2, 0.25) is 0 Å². The topological polar surface area (TPSA) is 43.6 Å². The average Bonchev–Trinajstić information content (AvgIpc) is 3.58. The van der Waals surface area contributed by atoms with E-state index in [1.807, 2.05) is 18.2 Å². The highest BCUT2D eigenvalue weighted by molar-refractivity contribution is 6.09. The summed E-state index contributed by atoms with van der Waals surface area (Å²) in [4.78, 5) is 15.5. The van der Waals surface area contributed by atoms with Crippen molar-refractivity contribution in [3.05, 3.63) is 194 Å². The molecular weight excluding hydrogens is 645 g/mol. The van der Waals surface area contributed by atoms with E-state index in [1.165, 1.54) is 27.1 Å². The lowest BCUT2D eigenvalue weighted by atomic mass is 10.00. The summed E-state index contributed by atoms with van der Waals surface area (Å²) in [6, 6.07) is 68.1. The molecule has 0 aliphatic rings. The number of para-hydroxylation sites is 2. The highest BCUT2D eigenvalue weighted by Crippen LogP contribution is 2.38. The molecule has 2 aromatic heterocycles. The van der Waals surface area contributed by atoms with Gasteiger partial charge in [-0.15, -0.1) is 0 Å². The molecule has 0 radical (unpaired) electrons. The smallest absolute Gasteiger partial charge is 0.166 e. The van der Waals surface area contributed by atoms with Crippen LogP contribution in [0.1, 0.15) is 0 Å². The van der Waals surface area contributed by atoms with E-state index < -0.39 is 0 Å². The molecule has 10 rings (SSSR count). The molecule has 2 heterocycles. The van der Waals surface area contributed by atoms with Crippen molar-refractivity contribution in [1.29, 1.82) is 0 Å². The van der Waals surface area contributed by atoms with Gasteiger partial charge in [0.25, 0.3) is 0 Å². The Balaban J connectivity index is 1.18. The Kier molecular flexibility index (Phi) is 7.43. The Labute approximate surface area is 307 Å². The highest BCUT2D eigenvalue weighted by Gasteiger charge is 2.20. The van der Waals surface area contributed by atoms with Crippen molar-refractivity contribution in [1.82, 2.24) is 19.5 Å². The van der Waals surface area contributed by atoms with E-state index in [-0.39, 0.29) is 0 Å². The van der Waals surface area contributed by atoms with Gasteiger partial charge in [0.1, 0.15) is 0 Å². The minimum atomic E-state index is 0.615. The fraction of sp³-hybridized carbons (Fsp3) is 0. The van der Waals surface area contributed by atoms with E-state index in [0.29, 0.717) is 17.5 Å². The molecule has 4 nitrogen and oxygen atoms in total. The molecule has 53 heavy (non-hydrogen) atoms. The minimum Gasteiger partial charge on any atom is -0.308 e. The van der Waals surface area contributed by atoms with Gasteiger partial charge >= 0.3 is 0 Å². The molecule has 0 atom stereocenters. The maximum Gasteiger partial charge on any atom is 0.166 e. The molecule has 4 heteroatoms. The number of hydrogen-bond donors (Lipinski definition) is 0. The largest absolute Gasteiger partial charge is 0.308 e. The third kappa shape index (κ3) is 5.54. The Morgan fingerprint density at radius 1 is 0.302 bits per heavy atom. The van der Waals surface area contributed by atoms with Crippen LogP contribution in [0, 0.1) is 0 Å². The van der Waals surface area contributed by atoms with Crippen molar-refractivity contribution < 1.29 is 0 Å². The molecule has 248 valence electrons. The zero-order valence-corrected chi connectivity index (χ0v) is 28.8. The maximum atomic E-state index is 5.24. The number of rotatable bonds is 6. The van der Waals surface area contributed by atoms with Gasteiger partial charge in [-0.1, -0.05) is 164 Å². The first-order valence-electron chi connectivity index (χ1n) is 17.9. The molecule has 10 aromatic rings. The summed E-state index contributed by atoms with van der Waals surface area (Å²) in [5.41, 5.74) is 10.6. The van der Waals surface area contributed by atoms with Gasteiger partial charge in [0.15, 0.2) is 17.5 Å². The SMILES string of the molecule is c1ccc(-c2ccc(-c3nc(-c4ccccc4)nc(-c4ccc(-c5ccc6ccccc6c5)cc4)n3)c(-n3c4ccccc4c4ccccc43)c2)cc1. The first-order chi connectivity index (χ1) is 26.3. The first-order valence-corrected chi connectivity index (χ1v) is 17.9. The molecule has 8 aromatic carbocycles. The van der Waals surface area contributed by atoms with E-state index in [1.54, 1.807) is 0 Å². The molecule has 0 aliphatic carbocycles. The lowest BCUT2D eigenvalue weighted by Gasteiger charge is -2.16. The molecule has 0 spiro atoms. The first kappa shape index (κ1) is 30.6. The second-order valence-corrected chi connectivity index (χ2v) is 13.3. The van der Waals surface area contributed by atoms with Crippen molar-refractivity contribution in [3.63, 3.8) is 0 Å². The van der Waals surface area contributed by atoms with E-state index in [9.17, 15) is 0 Å². The van der Waals surface area contributed by atoms with Gasteiger partial charge < -0.3 is 4.57 Å². The second kappa shape index (κ2) is 12.9. The average molecular weight is 677 g/mol. The van der Waals surface area contributed by atoms with Gasteiger partial charge in [0, 0.05) is 27.5 Å². The van der Waals surface area contributed by atoms with Crippen molar-refractivity contribution in [2.45, 2.75) is 0 Å².